The van der Waals surface area contributed by atoms with Crippen LogP contribution in [0.2, 0.25) is 0 Å². The molecule has 2 aromatic carbocycles. The van der Waals surface area contributed by atoms with E-state index in [9.17, 15) is 9.59 Å². The Hall–Kier alpha value is -4.44. The van der Waals surface area contributed by atoms with Crippen molar-refractivity contribution in [2.75, 3.05) is 37.4 Å². The number of pyridine rings is 2. The number of benzene rings is 2. The summed E-state index contributed by atoms with van der Waals surface area (Å²) in [4.78, 5) is 37.1. The molecule has 9 heteroatoms. The standard InChI is InChI=1S/C34H40N6O3/c1-5-26-28(10-8-12-30(26)39-34(43)31-15-13-24(20-36-31)19-35-17-18-41)27-9-7-11-29(23(27)3)38-33(42)32-16-14-25(21-37-32)22-40(4)6-2/h7-16,20-21,35,41H,5-6,17-19,22H2,1-4H3,(H,38,42)(H,39,43). The van der Waals surface area contributed by atoms with E-state index in [0.29, 0.717) is 42.3 Å². The summed E-state index contributed by atoms with van der Waals surface area (Å²) in [6.45, 7) is 8.96. The van der Waals surface area contributed by atoms with Crippen LogP contribution in [0.25, 0.3) is 11.1 Å². The SMILES string of the molecule is CCc1c(NC(=O)c2ccc(CNCCO)cn2)cccc1-c1cccc(NC(=O)c2ccc(CN(C)CC)cn2)c1C. The van der Waals surface area contributed by atoms with Crippen LogP contribution in [0.15, 0.2) is 73.1 Å². The van der Waals surface area contributed by atoms with Crippen molar-refractivity contribution in [3.05, 3.63) is 107 Å². The Morgan fingerprint density at radius 2 is 1.42 bits per heavy atom. The molecule has 0 bridgehead atoms. The smallest absolute Gasteiger partial charge is 0.274 e. The number of rotatable bonds is 13. The molecular weight excluding hydrogens is 540 g/mol. The number of hydrogen-bond acceptors (Lipinski definition) is 7. The summed E-state index contributed by atoms with van der Waals surface area (Å²) in [6, 6.07) is 18.9. The molecular formula is C34H40N6O3. The van der Waals surface area contributed by atoms with Crippen LogP contribution in [0.5, 0.6) is 0 Å². The minimum absolute atomic E-state index is 0.0641. The van der Waals surface area contributed by atoms with Crippen LogP contribution in [0, 0.1) is 6.92 Å². The molecule has 224 valence electrons. The number of anilines is 2. The van der Waals surface area contributed by atoms with Crippen LogP contribution in [-0.4, -0.2) is 58.5 Å². The van der Waals surface area contributed by atoms with Crippen molar-refractivity contribution in [2.45, 2.75) is 40.3 Å². The third-order valence-corrected chi connectivity index (χ3v) is 7.37. The average molecular weight is 581 g/mol. The minimum atomic E-state index is -0.292. The van der Waals surface area contributed by atoms with E-state index in [1.54, 1.807) is 24.5 Å². The van der Waals surface area contributed by atoms with Gasteiger partial charge in [-0.25, -0.2) is 0 Å². The van der Waals surface area contributed by atoms with Gasteiger partial charge in [0.15, 0.2) is 0 Å². The highest BCUT2D eigenvalue weighted by Gasteiger charge is 2.17. The molecule has 43 heavy (non-hydrogen) atoms. The van der Waals surface area contributed by atoms with E-state index >= 15 is 0 Å². The van der Waals surface area contributed by atoms with Gasteiger partial charge in [-0.05, 0) is 84.6 Å². The van der Waals surface area contributed by atoms with E-state index in [0.717, 1.165) is 46.5 Å². The molecule has 0 saturated heterocycles. The largest absolute Gasteiger partial charge is 0.395 e. The Bertz CT molecular complexity index is 1540. The van der Waals surface area contributed by atoms with Crippen LogP contribution >= 0.6 is 0 Å². The first-order valence-electron chi connectivity index (χ1n) is 14.6. The lowest BCUT2D eigenvalue weighted by Crippen LogP contribution is -2.18. The molecule has 0 atom stereocenters. The molecule has 9 nitrogen and oxygen atoms in total. The number of aliphatic hydroxyl groups is 1. The zero-order valence-corrected chi connectivity index (χ0v) is 25.3. The number of amides is 2. The van der Waals surface area contributed by atoms with Crippen molar-refractivity contribution in [3.8, 4) is 11.1 Å². The molecule has 0 aliphatic rings. The summed E-state index contributed by atoms with van der Waals surface area (Å²) in [5.74, 6) is -0.561. The van der Waals surface area contributed by atoms with Crippen LogP contribution in [0.4, 0.5) is 11.4 Å². The van der Waals surface area contributed by atoms with Crippen LogP contribution in [0.3, 0.4) is 0 Å². The van der Waals surface area contributed by atoms with Crippen molar-refractivity contribution in [3.63, 3.8) is 0 Å². The molecule has 4 rings (SSSR count). The predicted molar refractivity (Wildman–Crippen MR) is 171 cm³/mol. The first kappa shape index (κ1) is 31.5. The Morgan fingerprint density at radius 1 is 0.814 bits per heavy atom. The van der Waals surface area contributed by atoms with Crippen molar-refractivity contribution in [1.82, 2.24) is 20.2 Å². The lowest BCUT2D eigenvalue weighted by Gasteiger charge is -2.18. The second-order valence-electron chi connectivity index (χ2n) is 10.4. The lowest BCUT2D eigenvalue weighted by atomic mass is 9.92. The van der Waals surface area contributed by atoms with Crippen LogP contribution in [-0.2, 0) is 19.5 Å². The molecule has 0 spiro atoms. The van der Waals surface area contributed by atoms with Gasteiger partial charge in [-0.1, -0.05) is 50.2 Å². The second-order valence-corrected chi connectivity index (χ2v) is 10.4. The summed E-state index contributed by atoms with van der Waals surface area (Å²) in [6.07, 6.45) is 4.10. The van der Waals surface area contributed by atoms with Gasteiger partial charge in [-0.2, -0.15) is 0 Å². The van der Waals surface area contributed by atoms with Gasteiger partial charge in [0.25, 0.3) is 11.8 Å². The zero-order chi connectivity index (χ0) is 30.8. The highest BCUT2D eigenvalue weighted by Crippen LogP contribution is 2.35. The van der Waals surface area contributed by atoms with Gasteiger partial charge in [0.05, 0.1) is 6.61 Å². The third kappa shape index (κ3) is 8.10. The van der Waals surface area contributed by atoms with Gasteiger partial charge >= 0.3 is 0 Å². The maximum Gasteiger partial charge on any atom is 0.274 e. The molecule has 0 unspecified atom stereocenters. The molecule has 0 radical (unpaired) electrons. The number of hydrogen-bond donors (Lipinski definition) is 4. The number of carbonyl (C=O) groups excluding carboxylic acids is 2. The third-order valence-electron chi connectivity index (χ3n) is 7.37. The quantitative estimate of drug-likeness (QED) is 0.163. The molecule has 2 aromatic heterocycles. The molecule has 0 saturated carbocycles. The van der Waals surface area contributed by atoms with E-state index in [-0.39, 0.29) is 18.4 Å². The Morgan fingerprint density at radius 3 is 2.00 bits per heavy atom. The van der Waals surface area contributed by atoms with Crippen molar-refractivity contribution < 1.29 is 14.7 Å². The van der Waals surface area contributed by atoms with Crippen molar-refractivity contribution in [1.29, 1.82) is 0 Å². The van der Waals surface area contributed by atoms with Gasteiger partial charge in [-0.15, -0.1) is 0 Å². The summed E-state index contributed by atoms with van der Waals surface area (Å²) in [7, 11) is 2.04. The molecule has 2 heterocycles. The first-order chi connectivity index (χ1) is 20.8. The maximum atomic E-state index is 13.1. The monoisotopic (exact) mass is 580 g/mol. The second kappa shape index (κ2) is 15.2. The number of nitrogens with zero attached hydrogens (tertiary/aromatic N) is 3. The van der Waals surface area contributed by atoms with Gasteiger partial charge in [-0.3, -0.25) is 19.6 Å². The molecule has 0 aliphatic carbocycles. The molecule has 4 N–H and O–H groups in total. The lowest BCUT2D eigenvalue weighted by molar-refractivity contribution is 0.101. The number of aliphatic hydroxyl groups excluding tert-OH is 1. The van der Waals surface area contributed by atoms with Gasteiger partial charge < -0.3 is 26.0 Å². The molecule has 0 fully saturated rings. The van der Waals surface area contributed by atoms with Crippen LogP contribution in [0.1, 0.15) is 57.1 Å². The number of nitrogens with one attached hydrogen (secondary N) is 3. The Balaban J connectivity index is 1.52. The highest BCUT2D eigenvalue weighted by molar-refractivity contribution is 6.05. The fourth-order valence-corrected chi connectivity index (χ4v) is 4.82. The molecule has 2 amide bonds. The van der Waals surface area contributed by atoms with E-state index < -0.39 is 0 Å². The number of aromatic nitrogens is 2. The first-order valence-corrected chi connectivity index (χ1v) is 14.6. The normalized spacial score (nSPS) is 11.0. The highest BCUT2D eigenvalue weighted by atomic mass is 16.3. The van der Waals surface area contributed by atoms with Crippen molar-refractivity contribution >= 4 is 23.2 Å². The topological polar surface area (TPSA) is 119 Å². The van der Waals surface area contributed by atoms with Crippen LogP contribution < -0.4 is 16.0 Å². The maximum absolute atomic E-state index is 13.1. The summed E-state index contributed by atoms with van der Waals surface area (Å²) in [5.41, 5.74) is 7.93. The fourth-order valence-electron chi connectivity index (χ4n) is 4.82. The van der Waals surface area contributed by atoms with Gasteiger partial charge in [0.2, 0.25) is 0 Å². The van der Waals surface area contributed by atoms with E-state index in [2.05, 4.69) is 44.7 Å². The average Bonchev–Trinajstić information content (AvgIpc) is 3.02. The van der Waals surface area contributed by atoms with Gasteiger partial charge in [0, 0.05) is 43.4 Å². The molecule has 4 aromatic rings. The Kier molecular flexibility index (Phi) is 11.1. The minimum Gasteiger partial charge on any atom is -0.395 e. The zero-order valence-electron chi connectivity index (χ0n) is 25.3. The van der Waals surface area contributed by atoms with E-state index in [1.807, 2.05) is 62.5 Å². The number of carbonyl (C=O) groups is 2. The predicted octanol–water partition coefficient (Wildman–Crippen LogP) is 5.05. The molecule has 0 aliphatic heterocycles. The van der Waals surface area contributed by atoms with E-state index in [4.69, 9.17) is 5.11 Å². The summed E-state index contributed by atoms with van der Waals surface area (Å²) in [5, 5.41) is 18.1. The fraction of sp³-hybridized carbons (Fsp3) is 0.294. The summed E-state index contributed by atoms with van der Waals surface area (Å²) < 4.78 is 0. The Labute approximate surface area is 253 Å². The summed E-state index contributed by atoms with van der Waals surface area (Å²) >= 11 is 0. The van der Waals surface area contributed by atoms with Crippen molar-refractivity contribution in [2.24, 2.45) is 0 Å². The van der Waals surface area contributed by atoms with E-state index in [1.165, 1.54) is 0 Å². The van der Waals surface area contributed by atoms with Gasteiger partial charge in [0.1, 0.15) is 11.4 Å².